The molecule has 10 heteroatoms. The van der Waals surface area contributed by atoms with Crippen LogP contribution in [0.3, 0.4) is 0 Å². The fraction of sp³-hybridized carbons (Fsp3) is 0.655. The Kier molecular flexibility index (Phi) is 12.0. The second-order valence-corrected chi connectivity index (χ2v) is 11.8. The van der Waals surface area contributed by atoms with Gasteiger partial charge in [0.05, 0.1) is 17.4 Å². The largest absolute Gasteiger partial charge is 0.508 e. The number of esters is 2. The highest BCUT2D eigenvalue weighted by Crippen LogP contribution is 2.35. The van der Waals surface area contributed by atoms with Gasteiger partial charge >= 0.3 is 24.1 Å². The molecule has 220 valence electrons. The number of hydrogen-bond acceptors (Lipinski definition) is 9. The number of benzene rings is 1. The minimum Gasteiger partial charge on any atom is -0.480 e. The average Bonchev–Trinajstić information content (AvgIpc) is 2.83. The van der Waals surface area contributed by atoms with E-state index >= 15 is 0 Å². The molecule has 0 saturated carbocycles. The molecule has 0 aromatic heterocycles. The monoisotopic (exact) mass is 551 g/mol. The molecule has 0 aliphatic rings. The number of aliphatic carboxylic acids is 1. The Hall–Kier alpha value is -3.14. The van der Waals surface area contributed by atoms with E-state index in [0.717, 1.165) is 0 Å². The van der Waals surface area contributed by atoms with Gasteiger partial charge < -0.3 is 29.8 Å². The third kappa shape index (κ3) is 10.2. The van der Waals surface area contributed by atoms with E-state index in [2.05, 4.69) is 0 Å². The summed E-state index contributed by atoms with van der Waals surface area (Å²) in [5, 5.41) is 9.95. The number of carboxylic acids is 1. The average molecular weight is 552 g/mol. The van der Waals surface area contributed by atoms with Crippen molar-refractivity contribution in [1.82, 2.24) is 0 Å². The predicted octanol–water partition coefficient (Wildman–Crippen LogP) is 5.28. The molecular weight excluding hydrogens is 506 g/mol. The maximum atomic E-state index is 12.9. The van der Waals surface area contributed by atoms with Crippen molar-refractivity contribution in [3.63, 3.8) is 0 Å². The Morgan fingerprint density at radius 3 is 1.87 bits per heavy atom. The first kappa shape index (κ1) is 33.9. The molecule has 0 radical (unpaired) electrons. The van der Waals surface area contributed by atoms with Gasteiger partial charge in [-0.2, -0.15) is 0 Å². The van der Waals surface area contributed by atoms with Crippen molar-refractivity contribution in [2.75, 3.05) is 6.61 Å². The number of carboxylic acid groups (broad SMARTS) is 1. The molecule has 0 heterocycles. The van der Waals surface area contributed by atoms with E-state index in [-0.39, 0.29) is 36.9 Å². The molecule has 1 aromatic rings. The lowest BCUT2D eigenvalue weighted by Gasteiger charge is -2.28. The molecule has 1 rings (SSSR count). The molecule has 3 N–H and O–H groups in total. The van der Waals surface area contributed by atoms with E-state index in [0.29, 0.717) is 18.4 Å². The molecule has 10 nitrogen and oxygen atoms in total. The van der Waals surface area contributed by atoms with Gasteiger partial charge in [0.2, 0.25) is 0 Å². The molecule has 0 bridgehead atoms. The lowest BCUT2D eigenvalue weighted by Crippen LogP contribution is -2.52. The molecule has 0 amide bonds. The van der Waals surface area contributed by atoms with Crippen molar-refractivity contribution >= 4 is 24.1 Å². The minimum atomic E-state index is -1.83. The Morgan fingerprint density at radius 2 is 1.41 bits per heavy atom. The van der Waals surface area contributed by atoms with Crippen molar-refractivity contribution < 1.29 is 43.2 Å². The summed E-state index contributed by atoms with van der Waals surface area (Å²) in [4.78, 5) is 49.7. The Bertz CT molecular complexity index is 1030. The third-order valence-electron chi connectivity index (χ3n) is 6.72. The van der Waals surface area contributed by atoms with E-state index in [1.54, 1.807) is 33.8 Å². The van der Waals surface area contributed by atoms with Gasteiger partial charge in [-0.1, -0.05) is 33.8 Å². The van der Waals surface area contributed by atoms with E-state index < -0.39 is 46.5 Å². The van der Waals surface area contributed by atoms with Crippen LogP contribution in [-0.2, 0) is 30.3 Å². The highest BCUT2D eigenvalue weighted by Gasteiger charge is 2.38. The van der Waals surface area contributed by atoms with Crippen LogP contribution in [0.5, 0.6) is 11.5 Å². The van der Waals surface area contributed by atoms with Gasteiger partial charge in [-0.25, -0.2) is 4.79 Å². The summed E-state index contributed by atoms with van der Waals surface area (Å²) >= 11 is 0. The molecular formula is C29H45NO9. The lowest BCUT2D eigenvalue weighted by atomic mass is 9.86. The van der Waals surface area contributed by atoms with E-state index in [4.69, 9.17) is 24.7 Å². The van der Waals surface area contributed by atoms with Crippen molar-refractivity contribution in [3.05, 3.63) is 23.8 Å². The fourth-order valence-electron chi connectivity index (χ4n) is 3.18. The number of hydrogen-bond donors (Lipinski definition) is 2. The van der Waals surface area contributed by atoms with Gasteiger partial charge in [-0.3, -0.25) is 14.4 Å². The second-order valence-electron chi connectivity index (χ2n) is 11.8. The van der Waals surface area contributed by atoms with Gasteiger partial charge in [-0.15, -0.1) is 0 Å². The quantitative estimate of drug-likeness (QED) is 0.231. The third-order valence-corrected chi connectivity index (χ3v) is 6.72. The summed E-state index contributed by atoms with van der Waals surface area (Å²) in [5.74, 6) is -2.21. The highest BCUT2D eigenvalue weighted by atomic mass is 16.7. The Morgan fingerprint density at radius 1 is 0.897 bits per heavy atom. The second kappa shape index (κ2) is 13.8. The number of carbonyl (C=O) groups excluding carboxylic acids is 3. The maximum Gasteiger partial charge on any atom is 0.508 e. The van der Waals surface area contributed by atoms with Gasteiger partial charge in [0.15, 0.2) is 11.5 Å². The van der Waals surface area contributed by atoms with Crippen LogP contribution in [0.15, 0.2) is 18.2 Å². The Balaban J connectivity index is 3.28. The Labute approximate surface area is 231 Å². The molecule has 2 atom stereocenters. The van der Waals surface area contributed by atoms with Crippen LogP contribution in [-0.4, -0.2) is 47.4 Å². The molecule has 1 aromatic carbocycles. The van der Waals surface area contributed by atoms with Gasteiger partial charge in [0.25, 0.3) is 0 Å². The first-order valence-corrected chi connectivity index (χ1v) is 13.3. The molecule has 1 unspecified atom stereocenters. The van der Waals surface area contributed by atoms with Crippen LogP contribution in [0.2, 0.25) is 0 Å². The topological polar surface area (TPSA) is 151 Å². The van der Waals surface area contributed by atoms with Crippen LogP contribution >= 0.6 is 0 Å². The molecule has 0 fully saturated rings. The first-order valence-electron chi connectivity index (χ1n) is 13.3. The number of rotatable bonds is 14. The van der Waals surface area contributed by atoms with E-state index in [1.807, 2.05) is 27.7 Å². The molecule has 39 heavy (non-hydrogen) atoms. The summed E-state index contributed by atoms with van der Waals surface area (Å²) in [7, 11) is 0. The van der Waals surface area contributed by atoms with E-state index in [9.17, 15) is 24.3 Å². The summed E-state index contributed by atoms with van der Waals surface area (Å²) < 4.78 is 21.4. The van der Waals surface area contributed by atoms with Crippen molar-refractivity contribution in [3.8, 4) is 11.5 Å². The summed E-state index contributed by atoms with van der Waals surface area (Å²) in [6.07, 6.45) is -1.12. The zero-order valence-electron chi connectivity index (χ0n) is 24.7. The van der Waals surface area contributed by atoms with Crippen molar-refractivity contribution in [1.29, 1.82) is 0 Å². The molecule has 0 saturated heterocycles. The van der Waals surface area contributed by atoms with Crippen molar-refractivity contribution in [2.24, 2.45) is 22.5 Å². The number of nitrogens with two attached hydrogens (primary N) is 1. The normalized spacial score (nSPS) is 14.2. The van der Waals surface area contributed by atoms with Crippen LogP contribution in [0.25, 0.3) is 0 Å². The van der Waals surface area contributed by atoms with Crippen LogP contribution in [0, 0.1) is 16.7 Å². The van der Waals surface area contributed by atoms with E-state index in [1.165, 1.54) is 19.1 Å². The predicted molar refractivity (Wildman–Crippen MR) is 145 cm³/mol. The number of carbonyl (C=O) groups is 4. The lowest BCUT2D eigenvalue weighted by molar-refractivity contribution is -0.147. The fourth-order valence-corrected chi connectivity index (χ4v) is 3.18. The summed E-state index contributed by atoms with van der Waals surface area (Å²) in [5.41, 5.74) is 3.29. The summed E-state index contributed by atoms with van der Waals surface area (Å²) in [6.45, 7) is 16.1. The van der Waals surface area contributed by atoms with Crippen LogP contribution in [0.4, 0.5) is 4.79 Å². The minimum absolute atomic E-state index is 0.0198. The van der Waals surface area contributed by atoms with Crippen molar-refractivity contribution in [2.45, 2.75) is 99.6 Å². The van der Waals surface area contributed by atoms with Gasteiger partial charge in [-0.05, 0) is 71.1 Å². The van der Waals surface area contributed by atoms with Crippen LogP contribution in [0.1, 0.15) is 87.1 Å². The number of ether oxygens (including phenoxy) is 4. The molecule has 0 spiro atoms. The SMILES string of the molecule is CCC(C)(C)C(=O)Oc1ccc(CC(N)(C[C@H](C)OC(=O)OCC(C)C)C(=O)O)cc1OC(=O)C(C)(C)CC. The van der Waals surface area contributed by atoms with Gasteiger partial charge in [0, 0.05) is 12.8 Å². The summed E-state index contributed by atoms with van der Waals surface area (Å²) in [6, 6.07) is 4.45. The van der Waals surface area contributed by atoms with Gasteiger partial charge in [0.1, 0.15) is 11.6 Å². The highest BCUT2D eigenvalue weighted by molar-refractivity contribution is 5.82. The smallest absolute Gasteiger partial charge is 0.480 e. The zero-order chi connectivity index (χ0) is 30.2. The van der Waals surface area contributed by atoms with Crippen LogP contribution < -0.4 is 15.2 Å². The zero-order valence-corrected chi connectivity index (χ0v) is 24.7. The standard InChI is InChI=1S/C29H45NO9/c1-10-27(6,7)24(33)38-21-13-12-20(14-22(21)39-25(34)28(8,9)11-2)16-29(30,23(31)32)15-19(5)37-26(35)36-17-18(3)4/h12-14,18-19H,10-11,15-17,30H2,1-9H3,(H,31,32)/t19-,29?/m0/s1. The molecule has 0 aliphatic heterocycles. The molecule has 0 aliphatic carbocycles. The maximum absolute atomic E-state index is 12.9. The first-order chi connectivity index (χ1) is 17.9.